The first kappa shape index (κ1) is 24.6. The molecule has 1 aromatic heterocycles. The summed E-state index contributed by atoms with van der Waals surface area (Å²) in [6, 6.07) is 9.10. The van der Waals surface area contributed by atoms with Crippen molar-refractivity contribution in [3.8, 4) is 5.75 Å². The van der Waals surface area contributed by atoms with Crippen LogP contribution < -0.4 is 10.1 Å². The molecule has 8 nitrogen and oxygen atoms in total. The molecule has 3 amide bonds. The first-order chi connectivity index (χ1) is 17.8. The summed E-state index contributed by atoms with van der Waals surface area (Å²) in [6.45, 7) is 0.989. The summed E-state index contributed by atoms with van der Waals surface area (Å²) in [5.41, 5.74) is 1.81. The molecule has 2 aromatic carbocycles. The number of nitrogens with one attached hydrogen (secondary N) is 1. The number of hydrogen-bond donors (Lipinski definition) is 1. The number of likely N-dealkylation sites (tertiary alicyclic amines) is 1. The van der Waals surface area contributed by atoms with Crippen LogP contribution in [0.2, 0.25) is 0 Å². The van der Waals surface area contributed by atoms with E-state index < -0.39 is 17.6 Å². The average molecular weight is 509 g/mol. The Morgan fingerprint density at radius 2 is 1.89 bits per heavy atom. The number of amides is 3. The second kappa shape index (κ2) is 10.1. The highest BCUT2D eigenvalue weighted by atomic mass is 19.2. The minimum Gasteiger partial charge on any atom is -0.488 e. The van der Waals surface area contributed by atoms with Crippen LogP contribution in [0.25, 0.3) is 17.0 Å². The molecule has 2 aliphatic heterocycles. The Labute approximate surface area is 211 Å². The van der Waals surface area contributed by atoms with Crippen LogP contribution in [0.3, 0.4) is 0 Å². The maximum Gasteiger partial charge on any atom is 0.246 e. The van der Waals surface area contributed by atoms with E-state index >= 15 is 0 Å². The summed E-state index contributed by atoms with van der Waals surface area (Å²) in [7, 11) is 1.80. The lowest BCUT2D eigenvalue weighted by atomic mass is 9.93. The van der Waals surface area contributed by atoms with Gasteiger partial charge in [0.2, 0.25) is 17.7 Å². The van der Waals surface area contributed by atoms with Gasteiger partial charge >= 0.3 is 0 Å². The summed E-state index contributed by atoms with van der Waals surface area (Å²) in [5, 5.41) is 7.79. The molecule has 3 heterocycles. The summed E-state index contributed by atoms with van der Waals surface area (Å²) in [5.74, 6) is -2.54. The molecule has 192 valence electrons. The van der Waals surface area contributed by atoms with Gasteiger partial charge in [-0.05, 0) is 36.3 Å². The van der Waals surface area contributed by atoms with E-state index in [0.29, 0.717) is 49.4 Å². The molecular formula is C27H26F2N4O4. The first-order valence-electron chi connectivity index (χ1n) is 12.2. The van der Waals surface area contributed by atoms with Crippen molar-refractivity contribution in [1.82, 2.24) is 20.0 Å². The lowest BCUT2D eigenvalue weighted by molar-refractivity contribution is -0.134. The smallest absolute Gasteiger partial charge is 0.246 e. The molecule has 0 spiro atoms. The number of para-hydroxylation sites is 1. The van der Waals surface area contributed by atoms with Gasteiger partial charge in [-0.25, -0.2) is 8.78 Å². The molecular weight excluding hydrogens is 482 g/mol. The standard InChI is InChI=1S/C27H26F2N4O4/c1-32-26-18(25(31-32)19-7-9-23(34)30-27(19)36)3-2-4-22(26)37-17-11-13-33(14-12-17)24(35)10-6-16-5-8-20(28)21(29)15-16/h2-6,8,10,15,17,19H,7,9,11-14H2,1H3,(H,30,34,36)/b10-6+. The molecule has 0 radical (unpaired) electrons. The van der Waals surface area contributed by atoms with Crippen molar-refractivity contribution in [2.24, 2.45) is 7.05 Å². The van der Waals surface area contributed by atoms with Gasteiger partial charge in [0.05, 0.1) is 11.6 Å². The lowest BCUT2D eigenvalue weighted by Gasteiger charge is -2.31. The Kier molecular flexibility index (Phi) is 6.73. The van der Waals surface area contributed by atoms with Crippen molar-refractivity contribution in [2.45, 2.75) is 37.7 Å². The van der Waals surface area contributed by atoms with Gasteiger partial charge in [-0.2, -0.15) is 5.10 Å². The van der Waals surface area contributed by atoms with Crippen LogP contribution in [-0.4, -0.2) is 51.6 Å². The number of imide groups is 1. The van der Waals surface area contributed by atoms with Crippen molar-refractivity contribution >= 4 is 34.7 Å². The number of ether oxygens (including phenoxy) is 1. The normalized spacial score (nSPS) is 19.0. The summed E-state index contributed by atoms with van der Waals surface area (Å²) < 4.78 is 34.5. The predicted molar refractivity (Wildman–Crippen MR) is 131 cm³/mol. The molecule has 2 fully saturated rings. The Morgan fingerprint density at radius 1 is 1.11 bits per heavy atom. The van der Waals surface area contributed by atoms with Gasteiger partial charge in [0.1, 0.15) is 17.4 Å². The number of rotatable bonds is 5. The lowest BCUT2D eigenvalue weighted by Crippen LogP contribution is -2.41. The minimum absolute atomic E-state index is 0.112. The van der Waals surface area contributed by atoms with E-state index in [2.05, 4.69) is 10.4 Å². The molecule has 10 heteroatoms. The monoisotopic (exact) mass is 508 g/mol. The number of piperidine rings is 2. The largest absolute Gasteiger partial charge is 0.488 e. The number of nitrogens with zero attached hydrogens (tertiary/aromatic N) is 3. The molecule has 0 bridgehead atoms. The fourth-order valence-electron chi connectivity index (χ4n) is 4.90. The van der Waals surface area contributed by atoms with Crippen LogP contribution in [0.15, 0.2) is 42.5 Å². The number of aryl methyl sites for hydroxylation is 1. The highest BCUT2D eigenvalue weighted by Gasteiger charge is 2.32. The molecule has 5 rings (SSSR count). The Balaban J connectivity index is 1.24. The molecule has 2 aliphatic rings. The maximum atomic E-state index is 13.4. The van der Waals surface area contributed by atoms with Crippen molar-refractivity contribution in [3.63, 3.8) is 0 Å². The van der Waals surface area contributed by atoms with Crippen molar-refractivity contribution in [3.05, 3.63) is 65.4 Å². The van der Waals surface area contributed by atoms with Crippen molar-refractivity contribution < 1.29 is 27.9 Å². The second-order valence-corrected chi connectivity index (χ2v) is 9.31. The molecule has 0 aliphatic carbocycles. The summed E-state index contributed by atoms with van der Waals surface area (Å²) in [6.07, 6.45) is 4.66. The fraction of sp³-hybridized carbons (Fsp3) is 0.333. The molecule has 0 saturated carbocycles. The quantitative estimate of drug-likeness (QED) is 0.421. The van der Waals surface area contributed by atoms with Gasteiger partial charge in [0.15, 0.2) is 11.6 Å². The van der Waals surface area contributed by atoms with Crippen LogP contribution in [0.5, 0.6) is 5.75 Å². The number of halogens is 2. The highest BCUT2D eigenvalue weighted by Crippen LogP contribution is 2.35. The fourth-order valence-corrected chi connectivity index (χ4v) is 4.90. The van der Waals surface area contributed by atoms with Gasteiger partial charge in [-0.3, -0.25) is 24.4 Å². The van der Waals surface area contributed by atoms with Crippen LogP contribution in [0.4, 0.5) is 8.78 Å². The van der Waals surface area contributed by atoms with Gasteiger partial charge in [-0.1, -0.05) is 18.2 Å². The van der Waals surface area contributed by atoms with Crippen LogP contribution >= 0.6 is 0 Å². The zero-order chi connectivity index (χ0) is 26.1. The van der Waals surface area contributed by atoms with Crippen LogP contribution in [-0.2, 0) is 21.4 Å². The third-order valence-corrected chi connectivity index (χ3v) is 6.83. The number of fused-ring (bicyclic) bond motifs is 1. The van der Waals surface area contributed by atoms with Crippen LogP contribution in [0, 0.1) is 11.6 Å². The SMILES string of the molecule is Cn1nc(C2CCC(=O)NC2=O)c2cccc(OC3CCN(C(=O)/C=C/c4ccc(F)c(F)c4)CC3)c21. The third-order valence-electron chi connectivity index (χ3n) is 6.83. The van der Waals surface area contributed by atoms with E-state index in [1.54, 1.807) is 16.6 Å². The molecule has 37 heavy (non-hydrogen) atoms. The minimum atomic E-state index is -0.958. The first-order valence-corrected chi connectivity index (χ1v) is 12.2. The average Bonchev–Trinajstić information content (AvgIpc) is 3.22. The zero-order valence-electron chi connectivity index (χ0n) is 20.2. The Morgan fingerprint density at radius 3 is 2.62 bits per heavy atom. The summed E-state index contributed by atoms with van der Waals surface area (Å²) in [4.78, 5) is 38.2. The number of benzene rings is 2. The van der Waals surface area contributed by atoms with E-state index in [-0.39, 0.29) is 30.2 Å². The number of carbonyl (C=O) groups excluding carboxylic acids is 3. The maximum absolute atomic E-state index is 13.4. The van der Waals surface area contributed by atoms with Gasteiger partial charge < -0.3 is 9.64 Å². The molecule has 2 saturated heterocycles. The van der Waals surface area contributed by atoms with E-state index in [1.807, 2.05) is 18.2 Å². The van der Waals surface area contributed by atoms with E-state index in [9.17, 15) is 23.2 Å². The molecule has 3 aromatic rings. The second-order valence-electron chi connectivity index (χ2n) is 9.31. The van der Waals surface area contributed by atoms with E-state index in [4.69, 9.17) is 4.74 Å². The van der Waals surface area contributed by atoms with Gasteiger partial charge in [0, 0.05) is 50.9 Å². The Bertz CT molecular complexity index is 1410. The van der Waals surface area contributed by atoms with Crippen molar-refractivity contribution in [1.29, 1.82) is 0 Å². The molecule has 1 unspecified atom stereocenters. The highest BCUT2D eigenvalue weighted by molar-refractivity contribution is 6.03. The number of hydrogen-bond acceptors (Lipinski definition) is 5. The van der Waals surface area contributed by atoms with Crippen molar-refractivity contribution in [2.75, 3.05) is 13.1 Å². The third kappa shape index (κ3) is 5.09. The van der Waals surface area contributed by atoms with Gasteiger partial charge in [-0.15, -0.1) is 0 Å². The Hall–Kier alpha value is -4.08. The zero-order valence-corrected chi connectivity index (χ0v) is 20.2. The topological polar surface area (TPSA) is 93.5 Å². The summed E-state index contributed by atoms with van der Waals surface area (Å²) >= 11 is 0. The van der Waals surface area contributed by atoms with E-state index in [1.165, 1.54) is 18.2 Å². The van der Waals surface area contributed by atoms with Crippen LogP contribution in [0.1, 0.15) is 42.9 Å². The molecule has 1 N–H and O–H groups in total. The number of carbonyl (C=O) groups is 3. The molecule has 1 atom stereocenters. The van der Waals surface area contributed by atoms with E-state index in [0.717, 1.165) is 23.0 Å². The predicted octanol–water partition coefficient (Wildman–Crippen LogP) is 3.45. The van der Waals surface area contributed by atoms with Gasteiger partial charge in [0.25, 0.3) is 0 Å². The number of aromatic nitrogens is 2.